The summed E-state index contributed by atoms with van der Waals surface area (Å²) in [6.07, 6.45) is 5.33. The van der Waals surface area contributed by atoms with Crippen LogP contribution in [0.15, 0.2) is 55.1 Å². The SMILES string of the molecule is CC(C)OCC[C@@H](O)c1cnc2c(ccn2-c2cccc(-c3ncn[nH]3)c2)c1. The number of pyridine rings is 1. The average Bonchev–Trinajstić information content (AvgIpc) is 3.37. The van der Waals surface area contributed by atoms with Crippen molar-refractivity contribution in [1.29, 1.82) is 0 Å². The van der Waals surface area contributed by atoms with Crippen molar-refractivity contribution in [2.45, 2.75) is 32.5 Å². The Hall–Kier alpha value is -3.03. The molecule has 0 fully saturated rings. The fourth-order valence-corrected chi connectivity index (χ4v) is 3.16. The number of aromatic amines is 1. The van der Waals surface area contributed by atoms with Gasteiger partial charge < -0.3 is 14.4 Å². The predicted octanol–water partition coefficient (Wildman–Crippen LogP) is 3.66. The van der Waals surface area contributed by atoms with Crippen molar-refractivity contribution in [1.82, 2.24) is 24.7 Å². The van der Waals surface area contributed by atoms with E-state index in [1.165, 1.54) is 6.33 Å². The van der Waals surface area contributed by atoms with Crippen LogP contribution in [-0.2, 0) is 4.74 Å². The van der Waals surface area contributed by atoms with Crippen LogP contribution < -0.4 is 0 Å². The van der Waals surface area contributed by atoms with E-state index < -0.39 is 6.10 Å². The maximum absolute atomic E-state index is 10.4. The number of nitrogens with one attached hydrogen (secondary N) is 1. The number of hydrogen-bond acceptors (Lipinski definition) is 5. The second kappa shape index (κ2) is 7.92. The molecule has 0 amide bonds. The third kappa shape index (κ3) is 3.81. The summed E-state index contributed by atoms with van der Waals surface area (Å²) in [4.78, 5) is 8.81. The number of nitrogens with zero attached hydrogens (tertiary/aromatic N) is 4. The van der Waals surface area contributed by atoms with Crippen LogP contribution in [0.4, 0.5) is 0 Å². The van der Waals surface area contributed by atoms with Crippen molar-refractivity contribution in [2.75, 3.05) is 6.61 Å². The second-order valence-corrected chi connectivity index (χ2v) is 6.98. The highest BCUT2D eigenvalue weighted by atomic mass is 16.5. The van der Waals surface area contributed by atoms with Gasteiger partial charge in [0.25, 0.3) is 0 Å². The number of H-pyrrole nitrogens is 1. The standard InChI is InChI=1S/C21H23N5O2/c1-14(2)28-9-7-19(27)17-10-16-6-8-26(21(16)22-12-17)18-5-3-4-15(11-18)20-23-13-24-25-20/h3-6,8,10-14,19,27H,7,9H2,1-2H3,(H,23,24,25)/t19-/m1/s1. The van der Waals surface area contributed by atoms with Gasteiger partial charge in [0.15, 0.2) is 5.82 Å². The van der Waals surface area contributed by atoms with Crippen molar-refractivity contribution in [2.24, 2.45) is 0 Å². The van der Waals surface area contributed by atoms with E-state index in [0.717, 1.165) is 33.7 Å². The minimum Gasteiger partial charge on any atom is -0.388 e. The summed E-state index contributed by atoms with van der Waals surface area (Å²) in [5, 5.41) is 18.2. The van der Waals surface area contributed by atoms with E-state index in [9.17, 15) is 5.11 Å². The van der Waals surface area contributed by atoms with Gasteiger partial charge in [-0.25, -0.2) is 9.97 Å². The molecule has 7 nitrogen and oxygen atoms in total. The number of aliphatic hydroxyl groups is 1. The van der Waals surface area contributed by atoms with Crippen molar-refractivity contribution >= 4 is 11.0 Å². The molecule has 7 heteroatoms. The van der Waals surface area contributed by atoms with Gasteiger partial charge in [0.1, 0.15) is 12.0 Å². The summed E-state index contributed by atoms with van der Waals surface area (Å²) in [6.45, 7) is 4.49. The Morgan fingerprint density at radius 2 is 2.07 bits per heavy atom. The van der Waals surface area contributed by atoms with Crippen molar-refractivity contribution < 1.29 is 9.84 Å². The Bertz CT molecular complexity index is 1060. The molecule has 0 saturated heterocycles. The minimum absolute atomic E-state index is 0.162. The molecule has 4 aromatic rings. The molecule has 0 aliphatic heterocycles. The van der Waals surface area contributed by atoms with Crippen LogP contribution in [-0.4, -0.2) is 42.5 Å². The van der Waals surface area contributed by atoms with Gasteiger partial charge in [-0.15, -0.1) is 0 Å². The second-order valence-electron chi connectivity index (χ2n) is 6.98. The lowest BCUT2D eigenvalue weighted by Gasteiger charge is -2.13. The molecule has 1 atom stereocenters. The maximum atomic E-state index is 10.4. The van der Waals surface area contributed by atoms with Crippen LogP contribution in [0, 0.1) is 0 Å². The van der Waals surface area contributed by atoms with Gasteiger partial charge in [0, 0.05) is 42.1 Å². The van der Waals surface area contributed by atoms with Crippen LogP contribution in [0.25, 0.3) is 28.1 Å². The average molecular weight is 377 g/mol. The summed E-state index contributed by atoms with van der Waals surface area (Å²) in [6, 6.07) is 12.0. The van der Waals surface area contributed by atoms with E-state index in [1.807, 2.05) is 61.0 Å². The lowest BCUT2D eigenvalue weighted by molar-refractivity contribution is 0.0465. The number of rotatable bonds is 7. The molecular formula is C21H23N5O2. The summed E-state index contributed by atoms with van der Waals surface area (Å²) < 4.78 is 7.55. The smallest absolute Gasteiger partial charge is 0.155 e. The number of fused-ring (bicyclic) bond motifs is 1. The molecule has 3 heterocycles. The Morgan fingerprint density at radius 3 is 2.86 bits per heavy atom. The molecule has 0 aliphatic carbocycles. The van der Waals surface area contributed by atoms with Crippen LogP contribution >= 0.6 is 0 Å². The van der Waals surface area contributed by atoms with Crippen LogP contribution in [0.1, 0.15) is 31.9 Å². The monoisotopic (exact) mass is 377 g/mol. The molecule has 0 spiro atoms. The molecule has 3 aromatic heterocycles. The highest BCUT2D eigenvalue weighted by molar-refractivity contribution is 5.79. The molecule has 144 valence electrons. The van der Waals surface area contributed by atoms with Gasteiger partial charge in [0.05, 0.1) is 12.2 Å². The number of ether oxygens (including phenoxy) is 1. The van der Waals surface area contributed by atoms with Crippen molar-refractivity contribution in [3.05, 3.63) is 60.7 Å². The first kappa shape index (κ1) is 18.3. The highest BCUT2D eigenvalue weighted by Gasteiger charge is 2.12. The first-order chi connectivity index (χ1) is 13.6. The van der Waals surface area contributed by atoms with Gasteiger partial charge in [-0.05, 0) is 43.7 Å². The first-order valence-corrected chi connectivity index (χ1v) is 9.34. The normalized spacial score (nSPS) is 12.7. The summed E-state index contributed by atoms with van der Waals surface area (Å²) in [7, 11) is 0. The summed E-state index contributed by atoms with van der Waals surface area (Å²) in [5.41, 5.74) is 3.57. The Morgan fingerprint density at radius 1 is 1.18 bits per heavy atom. The highest BCUT2D eigenvalue weighted by Crippen LogP contribution is 2.25. The topological polar surface area (TPSA) is 88.8 Å². The fourth-order valence-electron chi connectivity index (χ4n) is 3.16. The summed E-state index contributed by atoms with van der Waals surface area (Å²) in [5.74, 6) is 0.722. The number of aliphatic hydroxyl groups excluding tert-OH is 1. The van der Waals surface area contributed by atoms with Gasteiger partial charge in [-0.3, -0.25) is 5.10 Å². The molecule has 2 N–H and O–H groups in total. The van der Waals surface area contributed by atoms with E-state index in [1.54, 1.807) is 6.20 Å². The third-order valence-electron chi connectivity index (χ3n) is 4.59. The van der Waals surface area contributed by atoms with E-state index in [0.29, 0.717) is 13.0 Å². The zero-order chi connectivity index (χ0) is 19.5. The largest absolute Gasteiger partial charge is 0.388 e. The third-order valence-corrected chi connectivity index (χ3v) is 4.59. The first-order valence-electron chi connectivity index (χ1n) is 9.34. The molecule has 1 aromatic carbocycles. The van der Waals surface area contributed by atoms with Gasteiger partial charge >= 0.3 is 0 Å². The van der Waals surface area contributed by atoms with E-state index >= 15 is 0 Å². The molecular weight excluding hydrogens is 354 g/mol. The minimum atomic E-state index is -0.589. The number of hydrogen-bond donors (Lipinski definition) is 2. The Balaban J connectivity index is 1.59. The maximum Gasteiger partial charge on any atom is 0.155 e. The number of aromatic nitrogens is 5. The van der Waals surface area contributed by atoms with Crippen molar-refractivity contribution in [3.63, 3.8) is 0 Å². The van der Waals surface area contributed by atoms with E-state index in [-0.39, 0.29) is 6.10 Å². The molecule has 0 saturated carbocycles. The van der Waals surface area contributed by atoms with Crippen LogP contribution in [0.5, 0.6) is 0 Å². The zero-order valence-electron chi connectivity index (χ0n) is 15.9. The molecule has 0 aliphatic rings. The fraction of sp³-hybridized carbons (Fsp3) is 0.286. The Labute approximate surface area is 163 Å². The summed E-state index contributed by atoms with van der Waals surface area (Å²) >= 11 is 0. The lowest BCUT2D eigenvalue weighted by atomic mass is 10.1. The predicted molar refractivity (Wildman–Crippen MR) is 107 cm³/mol. The quantitative estimate of drug-likeness (QED) is 0.513. The molecule has 0 radical (unpaired) electrons. The number of benzene rings is 1. The molecule has 0 unspecified atom stereocenters. The lowest BCUT2D eigenvalue weighted by Crippen LogP contribution is -2.08. The van der Waals surface area contributed by atoms with E-state index in [2.05, 4.69) is 20.2 Å². The molecule has 28 heavy (non-hydrogen) atoms. The van der Waals surface area contributed by atoms with Gasteiger partial charge in [-0.1, -0.05) is 12.1 Å². The van der Waals surface area contributed by atoms with Crippen LogP contribution in [0.2, 0.25) is 0 Å². The van der Waals surface area contributed by atoms with Gasteiger partial charge in [-0.2, -0.15) is 5.10 Å². The zero-order valence-corrected chi connectivity index (χ0v) is 15.9. The molecule has 4 rings (SSSR count). The molecule has 0 bridgehead atoms. The van der Waals surface area contributed by atoms with E-state index in [4.69, 9.17) is 4.74 Å². The van der Waals surface area contributed by atoms with Crippen LogP contribution in [0.3, 0.4) is 0 Å². The van der Waals surface area contributed by atoms with Gasteiger partial charge in [0.2, 0.25) is 0 Å². The Kier molecular flexibility index (Phi) is 5.18. The van der Waals surface area contributed by atoms with Crippen molar-refractivity contribution in [3.8, 4) is 17.1 Å².